The van der Waals surface area contributed by atoms with Crippen molar-refractivity contribution in [1.29, 1.82) is 0 Å². The Bertz CT molecular complexity index is 1020. The summed E-state index contributed by atoms with van der Waals surface area (Å²) in [7, 11) is 0. The Labute approximate surface area is 203 Å². The smallest absolute Gasteiger partial charge is 0.270 e. The number of benzene rings is 1. The SMILES string of the molecule is CC(C)NCCCC(=O)c1nc[nH]c1C(=O)NC1CCC(C(=O)Nc2ccc(F)cc2Cl)CC1. The van der Waals surface area contributed by atoms with E-state index in [0.29, 0.717) is 50.3 Å². The van der Waals surface area contributed by atoms with Crippen LogP contribution >= 0.6 is 11.6 Å². The predicted molar refractivity (Wildman–Crippen MR) is 129 cm³/mol. The lowest BCUT2D eigenvalue weighted by Gasteiger charge is -2.28. The first-order valence-electron chi connectivity index (χ1n) is 11.6. The number of H-pyrrole nitrogens is 1. The Morgan fingerprint density at radius 1 is 1.21 bits per heavy atom. The number of nitrogens with one attached hydrogen (secondary N) is 4. The molecule has 1 heterocycles. The second-order valence-corrected chi connectivity index (χ2v) is 9.30. The second-order valence-electron chi connectivity index (χ2n) is 8.90. The quantitative estimate of drug-likeness (QED) is 0.295. The van der Waals surface area contributed by atoms with Gasteiger partial charge in [-0.25, -0.2) is 9.37 Å². The summed E-state index contributed by atoms with van der Waals surface area (Å²) in [5.74, 6) is -1.40. The molecule has 10 heteroatoms. The van der Waals surface area contributed by atoms with Crippen molar-refractivity contribution in [2.75, 3.05) is 11.9 Å². The van der Waals surface area contributed by atoms with Crippen LogP contribution in [0.2, 0.25) is 5.02 Å². The molecule has 0 radical (unpaired) electrons. The van der Waals surface area contributed by atoms with Gasteiger partial charge in [-0.15, -0.1) is 0 Å². The molecule has 34 heavy (non-hydrogen) atoms. The number of carbonyl (C=O) groups is 3. The number of hydrogen-bond acceptors (Lipinski definition) is 5. The summed E-state index contributed by atoms with van der Waals surface area (Å²) in [5.41, 5.74) is 0.707. The Hall–Kier alpha value is -2.78. The molecule has 1 saturated carbocycles. The number of halogens is 2. The van der Waals surface area contributed by atoms with E-state index >= 15 is 0 Å². The fraction of sp³-hybridized carbons (Fsp3) is 0.500. The van der Waals surface area contributed by atoms with Gasteiger partial charge in [-0.2, -0.15) is 0 Å². The molecule has 3 rings (SSSR count). The van der Waals surface area contributed by atoms with Crippen molar-refractivity contribution in [3.05, 3.63) is 46.8 Å². The van der Waals surface area contributed by atoms with E-state index in [2.05, 4.69) is 25.9 Å². The highest BCUT2D eigenvalue weighted by molar-refractivity contribution is 6.33. The maximum atomic E-state index is 13.2. The number of rotatable bonds is 10. The van der Waals surface area contributed by atoms with Gasteiger partial charge in [0.05, 0.1) is 17.0 Å². The monoisotopic (exact) mass is 491 g/mol. The molecule has 1 aliphatic rings. The molecule has 184 valence electrons. The summed E-state index contributed by atoms with van der Waals surface area (Å²) in [5, 5.41) is 9.11. The third-order valence-electron chi connectivity index (χ3n) is 5.89. The van der Waals surface area contributed by atoms with Crippen LogP contribution in [-0.4, -0.2) is 46.2 Å². The molecule has 2 amide bonds. The van der Waals surface area contributed by atoms with E-state index in [1.165, 1.54) is 18.5 Å². The minimum absolute atomic E-state index is 0.104. The number of ketones is 1. The second kappa shape index (κ2) is 12.1. The minimum atomic E-state index is -0.468. The molecular weight excluding hydrogens is 461 g/mol. The molecule has 0 saturated heterocycles. The predicted octanol–water partition coefficient (Wildman–Crippen LogP) is 4.09. The number of Topliss-reactive ketones (excluding diaryl/α,β-unsaturated/α-hetero) is 1. The van der Waals surface area contributed by atoms with Crippen LogP contribution in [0, 0.1) is 11.7 Å². The normalized spacial score (nSPS) is 18.0. The van der Waals surface area contributed by atoms with Gasteiger partial charge in [0.15, 0.2) is 5.78 Å². The summed E-state index contributed by atoms with van der Waals surface area (Å²) >= 11 is 5.99. The van der Waals surface area contributed by atoms with Crippen LogP contribution in [0.4, 0.5) is 10.1 Å². The molecule has 0 atom stereocenters. The van der Waals surface area contributed by atoms with Gasteiger partial charge < -0.3 is 20.9 Å². The summed E-state index contributed by atoms with van der Waals surface area (Å²) in [6.45, 7) is 4.80. The lowest BCUT2D eigenvalue weighted by atomic mass is 9.85. The van der Waals surface area contributed by atoms with Crippen molar-refractivity contribution in [2.45, 2.75) is 64.5 Å². The standard InChI is InChI=1S/C24H31ClFN5O3/c1-14(2)27-11-3-4-20(32)21-22(29-13-28-21)24(34)30-17-8-5-15(6-9-17)23(33)31-19-10-7-16(26)12-18(19)25/h7,10,12-15,17,27H,3-6,8-9,11H2,1-2H3,(H,28,29)(H,30,34)(H,31,33). The van der Waals surface area contributed by atoms with E-state index in [1.807, 2.05) is 13.8 Å². The van der Waals surface area contributed by atoms with Gasteiger partial charge in [0.25, 0.3) is 5.91 Å². The van der Waals surface area contributed by atoms with Gasteiger partial charge in [-0.05, 0) is 56.8 Å². The van der Waals surface area contributed by atoms with Crippen molar-refractivity contribution < 1.29 is 18.8 Å². The average Bonchev–Trinajstić information content (AvgIpc) is 3.29. The number of hydrogen-bond donors (Lipinski definition) is 4. The molecule has 0 spiro atoms. The van der Waals surface area contributed by atoms with Crippen molar-refractivity contribution in [3.8, 4) is 0 Å². The zero-order chi connectivity index (χ0) is 24.7. The van der Waals surface area contributed by atoms with Gasteiger partial charge in [0.2, 0.25) is 5.91 Å². The van der Waals surface area contributed by atoms with Gasteiger partial charge >= 0.3 is 0 Å². The zero-order valence-corrected chi connectivity index (χ0v) is 20.2. The van der Waals surface area contributed by atoms with Gasteiger partial charge in [-0.1, -0.05) is 25.4 Å². The van der Waals surface area contributed by atoms with E-state index in [1.54, 1.807) is 0 Å². The Balaban J connectivity index is 1.47. The number of carbonyl (C=O) groups excluding carboxylic acids is 3. The number of amides is 2. The summed E-state index contributed by atoms with van der Waals surface area (Å²) < 4.78 is 13.2. The fourth-order valence-corrected chi connectivity index (χ4v) is 4.23. The molecule has 0 aliphatic heterocycles. The summed E-state index contributed by atoms with van der Waals surface area (Å²) in [4.78, 5) is 44.7. The van der Waals surface area contributed by atoms with E-state index < -0.39 is 5.82 Å². The molecule has 1 aromatic heterocycles. The van der Waals surface area contributed by atoms with E-state index in [0.717, 1.165) is 12.6 Å². The van der Waals surface area contributed by atoms with Crippen molar-refractivity contribution in [2.24, 2.45) is 5.92 Å². The highest BCUT2D eigenvalue weighted by Gasteiger charge is 2.29. The van der Waals surface area contributed by atoms with Crippen LogP contribution < -0.4 is 16.0 Å². The number of aromatic nitrogens is 2. The zero-order valence-electron chi connectivity index (χ0n) is 19.4. The van der Waals surface area contributed by atoms with Crippen LogP contribution in [0.1, 0.15) is 73.3 Å². The first-order valence-corrected chi connectivity index (χ1v) is 12.0. The first-order chi connectivity index (χ1) is 16.2. The maximum absolute atomic E-state index is 13.2. The third kappa shape index (κ3) is 7.11. The Kier molecular flexibility index (Phi) is 9.18. The molecule has 1 aromatic carbocycles. The molecular formula is C24H31ClFN5O3. The lowest BCUT2D eigenvalue weighted by molar-refractivity contribution is -0.120. The number of imidazole rings is 1. The minimum Gasteiger partial charge on any atom is -0.348 e. The topological polar surface area (TPSA) is 116 Å². The van der Waals surface area contributed by atoms with Gasteiger partial charge in [0.1, 0.15) is 17.2 Å². The van der Waals surface area contributed by atoms with Crippen LogP contribution in [0.3, 0.4) is 0 Å². The van der Waals surface area contributed by atoms with E-state index in [4.69, 9.17) is 11.6 Å². The third-order valence-corrected chi connectivity index (χ3v) is 6.20. The molecule has 4 N–H and O–H groups in total. The summed E-state index contributed by atoms with van der Waals surface area (Å²) in [6, 6.07) is 4.08. The lowest BCUT2D eigenvalue weighted by Crippen LogP contribution is -2.40. The maximum Gasteiger partial charge on any atom is 0.270 e. The van der Waals surface area contributed by atoms with Gasteiger partial charge in [-0.3, -0.25) is 14.4 Å². The fourth-order valence-electron chi connectivity index (χ4n) is 4.02. The molecule has 2 aromatic rings. The highest BCUT2D eigenvalue weighted by atomic mass is 35.5. The van der Waals surface area contributed by atoms with Crippen molar-refractivity contribution >= 4 is 34.9 Å². The first kappa shape index (κ1) is 25.8. The number of nitrogens with zero attached hydrogens (tertiary/aromatic N) is 1. The number of anilines is 1. The van der Waals surface area contributed by atoms with Crippen LogP contribution in [0.15, 0.2) is 24.5 Å². The Morgan fingerprint density at radius 3 is 2.62 bits per heavy atom. The molecule has 0 unspecified atom stereocenters. The molecule has 1 aliphatic carbocycles. The van der Waals surface area contributed by atoms with Crippen LogP contribution in [0.5, 0.6) is 0 Å². The average molecular weight is 492 g/mol. The van der Waals surface area contributed by atoms with Crippen LogP contribution in [0.25, 0.3) is 0 Å². The van der Waals surface area contributed by atoms with Crippen molar-refractivity contribution in [3.63, 3.8) is 0 Å². The van der Waals surface area contributed by atoms with Gasteiger partial charge in [0, 0.05) is 24.4 Å². The molecule has 1 fully saturated rings. The summed E-state index contributed by atoms with van der Waals surface area (Å²) in [6.07, 6.45) is 4.76. The molecule has 8 nitrogen and oxygen atoms in total. The van der Waals surface area contributed by atoms with E-state index in [9.17, 15) is 18.8 Å². The van der Waals surface area contributed by atoms with Crippen molar-refractivity contribution in [1.82, 2.24) is 20.6 Å². The molecule has 0 bridgehead atoms. The Morgan fingerprint density at radius 2 is 1.94 bits per heavy atom. The largest absolute Gasteiger partial charge is 0.348 e. The number of aromatic amines is 1. The van der Waals surface area contributed by atoms with Crippen LogP contribution in [-0.2, 0) is 4.79 Å². The van der Waals surface area contributed by atoms with E-state index in [-0.39, 0.29) is 46.0 Å². The highest BCUT2D eigenvalue weighted by Crippen LogP contribution is 2.28.